The van der Waals surface area contributed by atoms with Crippen molar-refractivity contribution in [2.75, 3.05) is 19.6 Å². The molecule has 1 amide bonds. The zero-order chi connectivity index (χ0) is 20.1. The fourth-order valence-corrected chi connectivity index (χ4v) is 4.61. The minimum Gasteiger partial charge on any atom is -0.356 e. The Morgan fingerprint density at radius 2 is 2.00 bits per heavy atom. The van der Waals surface area contributed by atoms with E-state index in [0.717, 1.165) is 44.5 Å². The number of rotatable bonds is 7. The molecular formula is C22H26N4O2S. The molecule has 0 saturated carbocycles. The number of amides is 1. The van der Waals surface area contributed by atoms with Gasteiger partial charge in [0, 0.05) is 29.8 Å². The van der Waals surface area contributed by atoms with Gasteiger partial charge < -0.3 is 5.32 Å². The van der Waals surface area contributed by atoms with Crippen LogP contribution in [-0.4, -0.2) is 40.2 Å². The van der Waals surface area contributed by atoms with Gasteiger partial charge in [0.15, 0.2) is 0 Å². The number of thiophene rings is 1. The molecule has 0 aliphatic carbocycles. The molecule has 0 radical (unpaired) electrons. The molecule has 3 heterocycles. The molecule has 1 N–H and O–H groups in total. The van der Waals surface area contributed by atoms with Crippen LogP contribution < -0.4 is 10.7 Å². The quantitative estimate of drug-likeness (QED) is 0.650. The summed E-state index contributed by atoms with van der Waals surface area (Å²) in [6, 6.07) is 11.7. The SMILES string of the molecule is O=C(CCn1ncc(=O)c2ccccc21)NCC1CCN(Cc2cccs2)CC1. The Labute approximate surface area is 174 Å². The summed E-state index contributed by atoms with van der Waals surface area (Å²) < 4.78 is 1.74. The minimum atomic E-state index is -0.0910. The first-order chi connectivity index (χ1) is 14.2. The van der Waals surface area contributed by atoms with Crippen LogP contribution in [0.4, 0.5) is 0 Å². The normalized spacial score (nSPS) is 15.6. The molecule has 1 aromatic carbocycles. The summed E-state index contributed by atoms with van der Waals surface area (Å²) in [6.45, 7) is 4.42. The van der Waals surface area contributed by atoms with Gasteiger partial charge in [0.25, 0.3) is 0 Å². The average molecular weight is 411 g/mol. The van der Waals surface area contributed by atoms with Crippen LogP contribution in [0.3, 0.4) is 0 Å². The molecule has 7 heteroatoms. The molecule has 1 fully saturated rings. The average Bonchev–Trinajstić information content (AvgIpc) is 3.26. The number of carbonyl (C=O) groups excluding carboxylic acids is 1. The highest BCUT2D eigenvalue weighted by molar-refractivity contribution is 7.09. The number of aromatic nitrogens is 2. The molecule has 0 atom stereocenters. The Kier molecular flexibility index (Phi) is 6.36. The van der Waals surface area contributed by atoms with Crippen molar-refractivity contribution >= 4 is 28.1 Å². The number of hydrogen-bond acceptors (Lipinski definition) is 5. The topological polar surface area (TPSA) is 67.2 Å². The smallest absolute Gasteiger partial charge is 0.221 e. The van der Waals surface area contributed by atoms with Crippen molar-refractivity contribution in [2.45, 2.75) is 32.4 Å². The summed E-state index contributed by atoms with van der Waals surface area (Å²) >= 11 is 1.81. The van der Waals surface area contributed by atoms with Crippen molar-refractivity contribution < 1.29 is 4.79 Å². The van der Waals surface area contributed by atoms with Gasteiger partial charge in [-0.15, -0.1) is 11.3 Å². The highest BCUT2D eigenvalue weighted by Gasteiger charge is 2.20. The molecule has 1 aliphatic heterocycles. The minimum absolute atomic E-state index is 0.0376. The lowest BCUT2D eigenvalue weighted by molar-refractivity contribution is -0.121. The highest BCUT2D eigenvalue weighted by atomic mass is 32.1. The van der Waals surface area contributed by atoms with Gasteiger partial charge in [-0.05, 0) is 55.4 Å². The van der Waals surface area contributed by atoms with Gasteiger partial charge in [-0.3, -0.25) is 19.2 Å². The van der Waals surface area contributed by atoms with Crippen molar-refractivity contribution in [3.63, 3.8) is 0 Å². The number of likely N-dealkylation sites (tertiary alicyclic amines) is 1. The third-order valence-corrected chi connectivity index (χ3v) is 6.43. The second-order valence-electron chi connectivity index (χ2n) is 7.60. The lowest BCUT2D eigenvalue weighted by Crippen LogP contribution is -2.38. The lowest BCUT2D eigenvalue weighted by atomic mass is 9.96. The summed E-state index contributed by atoms with van der Waals surface area (Å²) in [5.74, 6) is 0.584. The molecule has 152 valence electrons. The Bertz CT molecular complexity index is 1010. The zero-order valence-corrected chi connectivity index (χ0v) is 17.2. The molecular weight excluding hydrogens is 384 g/mol. The van der Waals surface area contributed by atoms with Crippen molar-refractivity contribution in [3.8, 4) is 0 Å². The van der Waals surface area contributed by atoms with Gasteiger partial charge in [0.1, 0.15) is 0 Å². The maximum Gasteiger partial charge on any atom is 0.221 e. The number of nitrogens with one attached hydrogen (secondary N) is 1. The summed E-state index contributed by atoms with van der Waals surface area (Å²) in [5, 5.41) is 10.0. The summed E-state index contributed by atoms with van der Waals surface area (Å²) in [4.78, 5) is 28.1. The molecule has 2 aromatic heterocycles. The number of nitrogens with zero attached hydrogens (tertiary/aromatic N) is 3. The number of para-hydroxylation sites is 1. The van der Waals surface area contributed by atoms with Gasteiger partial charge in [-0.1, -0.05) is 18.2 Å². The van der Waals surface area contributed by atoms with Gasteiger partial charge in [-0.25, -0.2) is 0 Å². The maximum absolute atomic E-state index is 12.3. The van der Waals surface area contributed by atoms with Crippen LogP contribution in [0.5, 0.6) is 0 Å². The second-order valence-corrected chi connectivity index (χ2v) is 8.63. The van der Waals surface area contributed by atoms with Crippen molar-refractivity contribution in [1.82, 2.24) is 20.0 Å². The number of hydrogen-bond donors (Lipinski definition) is 1. The van der Waals surface area contributed by atoms with Crippen molar-refractivity contribution in [2.24, 2.45) is 5.92 Å². The van der Waals surface area contributed by atoms with Crippen molar-refractivity contribution in [3.05, 3.63) is 63.1 Å². The monoisotopic (exact) mass is 410 g/mol. The van der Waals surface area contributed by atoms with Gasteiger partial charge in [-0.2, -0.15) is 5.10 Å². The second kappa shape index (κ2) is 9.33. The predicted octanol–water partition coefficient (Wildman–Crippen LogP) is 2.88. The molecule has 0 unspecified atom stereocenters. The van der Waals surface area contributed by atoms with Crippen LogP contribution in [0, 0.1) is 5.92 Å². The van der Waals surface area contributed by atoms with E-state index in [9.17, 15) is 9.59 Å². The number of carbonyl (C=O) groups is 1. The molecule has 1 saturated heterocycles. The molecule has 6 nitrogen and oxygen atoms in total. The van der Waals surface area contributed by atoms with E-state index >= 15 is 0 Å². The Balaban J connectivity index is 1.21. The van der Waals surface area contributed by atoms with E-state index in [1.54, 1.807) is 10.7 Å². The molecule has 4 rings (SSSR count). The maximum atomic E-state index is 12.3. The fourth-order valence-electron chi connectivity index (χ4n) is 3.86. The van der Waals surface area contributed by atoms with Gasteiger partial charge >= 0.3 is 0 Å². The molecule has 29 heavy (non-hydrogen) atoms. The number of aryl methyl sites for hydroxylation is 1. The number of piperidine rings is 1. The van der Waals surface area contributed by atoms with E-state index in [0.29, 0.717) is 24.3 Å². The standard InChI is InChI=1S/C22H26N4O2S/c27-21-15-24-26(20-6-2-1-5-19(20)21)12-9-22(28)23-14-17-7-10-25(11-8-17)16-18-4-3-13-29-18/h1-6,13,15,17H,7-12,14,16H2,(H,23,28). The third-order valence-electron chi connectivity index (χ3n) is 5.57. The van der Waals surface area contributed by atoms with Crippen LogP contribution in [0.15, 0.2) is 52.8 Å². The van der Waals surface area contributed by atoms with Crippen LogP contribution >= 0.6 is 11.3 Å². The fraction of sp³-hybridized carbons (Fsp3) is 0.409. The third kappa shape index (κ3) is 5.10. The Morgan fingerprint density at radius 3 is 2.79 bits per heavy atom. The van der Waals surface area contributed by atoms with Gasteiger partial charge in [0.2, 0.25) is 11.3 Å². The number of fused-ring (bicyclic) bond motifs is 1. The van der Waals surface area contributed by atoms with E-state index in [2.05, 4.69) is 32.8 Å². The Morgan fingerprint density at radius 1 is 1.17 bits per heavy atom. The lowest BCUT2D eigenvalue weighted by Gasteiger charge is -2.31. The van der Waals surface area contributed by atoms with E-state index in [-0.39, 0.29) is 11.3 Å². The molecule has 3 aromatic rings. The van der Waals surface area contributed by atoms with Crippen LogP contribution in [0.1, 0.15) is 24.1 Å². The summed E-state index contributed by atoms with van der Waals surface area (Å²) in [5.41, 5.74) is 0.678. The Hall–Kier alpha value is -2.51. The van der Waals surface area contributed by atoms with Crippen LogP contribution in [0.2, 0.25) is 0 Å². The van der Waals surface area contributed by atoms with E-state index < -0.39 is 0 Å². The van der Waals surface area contributed by atoms with Gasteiger partial charge in [0.05, 0.1) is 18.3 Å². The van der Waals surface area contributed by atoms with Crippen molar-refractivity contribution in [1.29, 1.82) is 0 Å². The zero-order valence-electron chi connectivity index (χ0n) is 16.4. The van der Waals surface area contributed by atoms with Crippen LogP contribution in [-0.2, 0) is 17.9 Å². The first-order valence-electron chi connectivity index (χ1n) is 10.2. The first-order valence-corrected chi connectivity index (χ1v) is 11.0. The predicted molar refractivity (Wildman–Crippen MR) is 116 cm³/mol. The first kappa shape index (κ1) is 19.8. The molecule has 0 bridgehead atoms. The highest BCUT2D eigenvalue weighted by Crippen LogP contribution is 2.20. The number of benzene rings is 1. The van der Waals surface area contributed by atoms with E-state index in [1.807, 2.05) is 29.5 Å². The summed E-state index contributed by atoms with van der Waals surface area (Å²) in [7, 11) is 0. The van der Waals surface area contributed by atoms with E-state index in [4.69, 9.17) is 0 Å². The largest absolute Gasteiger partial charge is 0.356 e. The van der Waals surface area contributed by atoms with E-state index in [1.165, 1.54) is 11.1 Å². The molecule has 0 spiro atoms. The molecule has 1 aliphatic rings. The van der Waals surface area contributed by atoms with Crippen LogP contribution in [0.25, 0.3) is 10.9 Å². The summed E-state index contributed by atoms with van der Waals surface area (Å²) in [6.07, 6.45) is 3.93.